The zero-order valence-corrected chi connectivity index (χ0v) is 21.6. The lowest BCUT2D eigenvalue weighted by Gasteiger charge is -2.48. The molecule has 2 amide bonds. The van der Waals surface area contributed by atoms with Crippen molar-refractivity contribution in [3.63, 3.8) is 0 Å². The van der Waals surface area contributed by atoms with Crippen LogP contribution in [-0.4, -0.2) is 63.9 Å². The summed E-state index contributed by atoms with van der Waals surface area (Å²) in [5.41, 5.74) is 7.17. The number of ether oxygens (including phenoxy) is 1. The van der Waals surface area contributed by atoms with Crippen LogP contribution in [0.5, 0.6) is 5.75 Å². The van der Waals surface area contributed by atoms with E-state index in [0.29, 0.717) is 31.3 Å². The minimum absolute atomic E-state index is 0.0511. The van der Waals surface area contributed by atoms with Gasteiger partial charge in [-0.25, -0.2) is 13.2 Å². The van der Waals surface area contributed by atoms with Crippen molar-refractivity contribution in [2.24, 2.45) is 17.1 Å². The van der Waals surface area contributed by atoms with Crippen LogP contribution >= 0.6 is 0 Å². The third-order valence-electron chi connectivity index (χ3n) is 7.04. The molecule has 0 radical (unpaired) electrons. The van der Waals surface area contributed by atoms with Gasteiger partial charge in [0, 0.05) is 37.6 Å². The molecule has 2 bridgehead atoms. The highest BCUT2D eigenvalue weighted by Crippen LogP contribution is 2.43. The van der Waals surface area contributed by atoms with E-state index >= 15 is 0 Å². The van der Waals surface area contributed by atoms with E-state index in [1.54, 1.807) is 12.1 Å². The quantitative estimate of drug-likeness (QED) is 0.602. The Bertz CT molecular complexity index is 1130. The molecule has 2 aromatic rings. The lowest BCUT2D eigenvalue weighted by molar-refractivity contribution is 0.190. The molecule has 2 unspecified atom stereocenters. The van der Waals surface area contributed by atoms with Gasteiger partial charge in [0.1, 0.15) is 5.75 Å². The Morgan fingerprint density at radius 3 is 2.40 bits per heavy atom. The van der Waals surface area contributed by atoms with Crippen molar-refractivity contribution >= 4 is 27.2 Å². The topological polar surface area (TPSA) is 105 Å². The number of rotatable bonds is 7. The van der Waals surface area contributed by atoms with Crippen molar-refractivity contribution < 1.29 is 17.9 Å². The fourth-order valence-electron chi connectivity index (χ4n) is 5.41. The summed E-state index contributed by atoms with van der Waals surface area (Å²) in [7, 11) is -3.40. The zero-order valence-electron chi connectivity index (χ0n) is 20.7. The van der Waals surface area contributed by atoms with Crippen LogP contribution in [0.1, 0.15) is 27.2 Å². The number of nitrogens with zero attached hydrogens (tertiary/aromatic N) is 2. The van der Waals surface area contributed by atoms with E-state index in [2.05, 4.69) is 36.2 Å². The average molecular weight is 501 g/mol. The van der Waals surface area contributed by atoms with Gasteiger partial charge in [0.15, 0.2) is 9.84 Å². The molecular weight excluding hydrogens is 464 g/mol. The number of anilines is 2. The molecule has 3 fully saturated rings. The van der Waals surface area contributed by atoms with E-state index < -0.39 is 9.84 Å². The molecule has 9 heteroatoms. The number of fused-ring (bicyclic) bond motifs is 4. The normalized spacial score (nSPS) is 21.5. The van der Waals surface area contributed by atoms with Crippen molar-refractivity contribution in [2.75, 3.05) is 48.8 Å². The molecule has 0 spiro atoms. The van der Waals surface area contributed by atoms with Gasteiger partial charge in [0.05, 0.1) is 23.3 Å². The van der Waals surface area contributed by atoms with Gasteiger partial charge in [-0.15, -0.1) is 0 Å². The highest BCUT2D eigenvalue weighted by molar-refractivity contribution is 7.91. The highest BCUT2D eigenvalue weighted by Gasteiger charge is 2.46. The van der Waals surface area contributed by atoms with Crippen LogP contribution in [0.2, 0.25) is 0 Å². The number of amides is 2. The molecule has 0 aliphatic carbocycles. The number of nitrogens with two attached hydrogens (primary N) is 1. The second-order valence-electron chi connectivity index (χ2n) is 10.1. The molecule has 0 saturated carbocycles. The van der Waals surface area contributed by atoms with Crippen LogP contribution in [0.25, 0.3) is 0 Å². The SMILES string of the molecule is CCOc1ccc(N2CC3CN(C(=O)Nc4ccc(S(=O)(=O)CCN)cc4)CC2C(C)(C)C3)cc1. The first kappa shape index (κ1) is 25.3. The van der Waals surface area contributed by atoms with Crippen LogP contribution in [0.3, 0.4) is 0 Å². The molecule has 0 aromatic heterocycles. The van der Waals surface area contributed by atoms with Gasteiger partial charge in [-0.2, -0.15) is 0 Å². The molecule has 8 nitrogen and oxygen atoms in total. The third-order valence-corrected chi connectivity index (χ3v) is 8.80. The number of nitrogens with one attached hydrogen (secondary N) is 1. The fraction of sp³-hybridized carbons (Fsp3) is 0.500. The third kappa shape index (κ3) is 5.56. The maximum atomic E-state index is 13.2. The van der Waals surface area contributed by atoms with Gasteiger partial charge in [0.2, 0.25) is 0 Å². The first-order valence-corrected chi connectivity index (χ1v) is 13.9. The number of carbonyl (C=O) groups is 1. The molecule has 5 rings (SSSR count). The molecule has 35 heavy (non-hydrogen) atoms. The zero-order chi connectivity index (χ0) is 25.2. The Kier molecular flexibility index (Phi) is 7.28. The van der Waals surface area contributed by atoms with Crippen LogP contribution in [-0.2, 0) is 9.84 Å². The Hall–Kier alpha value is -2.78. The highest BCUT2D eigenvalue weighted by atomic mass is 32.2. The molecule has 3 aliphatic rings. The standard InChI is InChI=1S/C26H36N4O4S/c1-4-34-22-9-7-21(8-10-22)30-17-19-15-26(2,3)24(30)18-29(16-19)25(31)28-20-5-11-23(12-6-20)35(32,33)14-13-27/h5-12,19,24H,4,13-18,27H2,1-3H3,(H,28,31). The predicted molar refractivity (Wildman–Crippen MR) is 139 cm³/mol. The number of carbonyl (C=O) groups excluding carboxylic acids is 1. The molecule has 2 atom stereocenters. The first-order chi connectivity index (χ1) is 16.6. The van der Waals surface area contributed by atoms with Crippen molar-refractivity contribution in [1.29, 1.82) is 0 Å². The van der Waals surface area contributed by atoms with E-state index in [9.17, 15) is 13.2 Å². The summed E-state index contributed by atoms with van der Waals surface area (Å²) in [6, 6.07) is 14.5. The number of sulfone groups is 1. The lowest BCUT2D eigenvalue weighted by Crippen LogP contribution is -2.54. The van der Waals surface area contributed by atoms with Crippen LogP contribution in [0.15, 0.2) is 53.4 Å². The Morgan fingerprint density at radius 1 is 1.09 bits per heavy atom. The summed E-state index contributed by atoms with van der Waals surface area (Å²) in [4.78, 5) is 17.8. The van der Waals surface area contributed by atoms with Gasteiger partial charge in [-0.05, 0) is 73.2 Å². The number of hydrogen-bond acceptors (Lipinski definition) is 6. The van der Waals surface area contributed by atoms with Crippen LogP contribution < -0.4 is 20.7 Å². The van der Waals surface area contributed by atoms with E-state index in [0.717, 1.165) is 24.4 Å². The van der Waals surface area contributed by atoms with Crippen molar-refractivity contribution in [3.05, 3.63) is 48.5 Å². The molecular formula is C26H36N4O4S. The Morgan fingerprint density at radius 2 is 1.77 bits per heavy atom. The Labute approximate surface area is 208 Å². The summed E-state index contributed by atoms with van der Waals surface area (Å²) in [5, 5.41) is 2.95. The second kappa shape index (κ2) is 10.1. The van der Waals surface area contributed by atoms with Gasteiger partial charge >= 0.3 is 6.03 Å². The van der Waals surface area contributed by atoms with Crippen LogP contribution in [0.4, 0.5) is 16.2 Å². The monoisotopic (exact) mass is 500 g/mol. The number of hydrogen-bond donors (Lipinski definition) is 2. The first-order valence-electron chi connectivity index (χ1n) is 12.2. The van der Waals surface area contributed by atoms with E-state index in [1.807, 2.05) is 24.0 Å². The molecule has 3 heterocycles. The summed E-state index contributed by atoms with van der Waals surface area (Å²) in [6.45, 7) is 9.45. The molecule has 3 saturated heterocycles. The number of piperidine rings is 1. The van der Waals surface area contributed by atoms with E-state index in [-0.39, 0.29) is 34.7 Å². The van der Waals surface area contributed by atoms with Gasteiger partial charge in [-0.3, -0.25) is 0 Å². The van der Waals surface area contributed by atoms with Gasteiger partial charge < -0.3 is 25.6 Å². The predicted octanol–water partition coefficient (Wildman–Crippen LogP) is 3.59. The second-order valence-corrected chi connectivity index (χ2v) is 12.2. The molecule has 3 N–H and O–H groups in total. The smallest absolute Gasteiger partial charge is 0.321 e. The summed E-state index contributed by atoms with van der Waals surface area (Å²) < 4.78 is 30.0. The maximum Gasteiger partial charge on any atom is 0.321 e. The van der Waals surface area contributed by atoms with Crippen molar-refractivity contribution in [1.82, 2.24) is 4.90 Å². The summed E-state index contributed by atoms with van der Waals surface area (Å²) >= 11 is 0. The fourth-order valence-corrected chi connectivity index (χ4v) is 6.50. The van der Waals surface area contributed by atoms with E-state index in [1.165, 1.54) is 12.1 Å². The number of urea groups is 1. The van der Waals surface area contributed by atoms with E-state index in [4.69, 9.17) is 10.5 Å². The van der Waals surface area contributed by atoms with Crippen LogP contribution in [0, 0.1) is 11.3 Å². The molecule has 3 aliphatic heterocycles. The average Bonchev–Trinajstić information content (AvgIpc) is 3.07. The van der Waals surface area contributed by atoms with Crippen molar-refractivity contribution in [3.8, 4) is 5.75 Å². The number of benzene rings is 2. The summed E-state index contributed by atoms with van der Waals surface area (Å²) in [6.07, 6.45) is 1.06. The lowest BCUT2D eigenvalue weighted by atomic mass is 9.73. The molecule has 2 aromatic carbocycles. The minimum atomic E-state index is -3.40. The largest absolute Gasteiger partial charge is 0.494 e. The van der Waals surface area contributed by atoms with Gasteiger partial charge in [-0.1, -0.05) is 13.8 Å². The Balaban J connectivity index is 1.49. The maximum absolute atomic E-state index is 13.2. The summed E-state index contributed by atoms with van der Waals surface area (Å²) in [5.74, 6) is 1.11. The van der Waals surface area contributed by atoms with Crippen molar-refractivity contribution in [2.45, 2.75) is 38.1 Å². The minimum Gasteiger partial charge on any atom is -0.494 e. The molecule has 190 valence electrons. The van der Waals surface area contributed by atoms with Gasteiger partial charge in [0.25, 0.3) is 0 Å².